The van der Waals surface area contributed by atoms with E-state index in [-0.39, 0.29) is 18.2 Å². The van der Waals surface area contributed by atoms with Crippen molar-refractivity contribution < 1.29 is 27.4 Å². The van der Waals surface area contributed by atoms with Gasteiger partial charge in [0.15, 0.2) is 0 Å². The lowest BCUT2D eigenvalue weighted by atomic mass is 9.95. The van der Waals surface area contributed by atoms with Crippen molar-refractivity contribution in [1.29, 1.82) is 0 Å². The van der Waals surface area contributed by atoms with Crippen molar-refractivity contribution >= 4 is 5.91 Å². The molecule has 2 aliphatic rings. The van der Waals surface area contributed by atoms with Crippen molar-refractivity contribution in [3.8, 4) is 0 Å². The molecule has 0 aliphatic carbocycles. The molecule has 4 nitrogen and oxygen atoms in total. The standard InChI is InChI=1S/C10H14F3NO3/c11-10(12,13)5-16-4-9(15)14-7-3-6-1-2-8(7)17-6/h6-8H,1-5H2,(H,14,15). The largest absolute Gasteiger partial charge is 0.411 e. The van der Waals surface area contributed by atoms with Crippen molar-refractivity contribution in [3.05, 3.63) is 0 Å². The van der Waals surface area contributed by atoms with Gasteiger partial charge in [0.05, 0.1) is 18.2 Å². The number of halogens is 3. The Labute approximate surface area is 96.4 Å². The van der Waals surface area contributed by atoms with Gasteiger partial charge in [0.25, 0.3) is 0 Å². The molecule has 2 fully saturated rings. The summed E-state index contributed by atoms with van der Waals surface area (Å²) in [6, 6.07) is -0.0734. The van der Waals surface area contributed by atoms with Gasteiger partial charge in [0.1, 0.15) is 13.2 Å². The summed E-state index contributed by atoms with van der Waals surface area (Å²) in [4.78, 5) is 11.3. The summed E-state index contributed by atoms with van der Waals surface area (Å²) in [5, 5.41) is 2.64. The van der Waals surface area contributed by atoms with E-state index in [0.29, 0.717) is 0 Å². The summed E-state index contributed by atoms with van der Waals surface area (Å²) in [5.41, 5.74) is 0. The number of carbonyl (C=O) groups is 1. The van der Waals surface area contributed by atoms with Crippen LogP contribution in [0, 0.1) is 0 Å². The maximum Gasteiger partial charge on any atom is 0.411 e. The van der Waals surface area contributed by atoms with Crippen LogP contribution in [-0.4, -0.2) is 43.5 Å². The molecule has 0 radical (unpaired) electrons. The molecule has 7 heteroatoms. The van der Waals surface area contributed by atoms with E-state index in [4.69, 9.17) is 4.74 Å². The van der Waals surface area contributed by atoms with Crippen LogP contribution in [0.1, 0.15) is 19.3 Å². The SMILES string of the molecule is O=C(COCC(F)(F)F)NC1CC2CCC1O2. The molecule has 0 aromatic heterocycles. The lowest BCUT2D eigenvalue weighted by molar-refractivity contribution is -0.175. The van der Waals surface area contributed by atoms with E-state index in [2.05, 4.69) is 10.1 Å². The summed E-state index contributed by atoms with van der Waals surface area (Å²) in [6.45, 7) is -1.96. The third kappa shape index (κ3) is 3.57. The van der Waals surface area contributed by atoms with Crippen LogP contribution in [-0.2, 0) is 14.3 Å². The Morgan fingerprint density at radius 3 is 2.71 bits per heavy atom. The molecule has 0 aromatic carbocycles. The zero-order valence-electron chi connectivity index (χ0n) is 9.13. The highest BCUT2D eigenvalue weighted by Gasteiger charge is 2.41. The quantitative estimate of drug-likeness (QED) is 0.813. The van der Waals surface area contributed by atoms with Gasteiger partial charge in [-0.2, -0.15) is 13.2 Å². The van der Waals surface area contributed by atoms with E-state index in [1.165, 1.54) is 0 Å². The minimum Gasteiger partial charge on any atom is -0.373 e. The summed E-state index contributed by atoms with van der Waals surface area (Å²) in [5.74, 6) is -0.518. The second-order valence-electron chi connectivity index (χ2n) is 4.39. The van der Waals surface area contributed by atoms with Crippen LogP contribution in [0.2, 0.25) is 0 Å². The Balaban J connectivity index is 1.64. The Hall–Kier alpha value is -0.820. The monoisotopic (exact) mass is 253 g/mol. The van der Waals surface area contributed by atoms with Crippen molar-refractivity contribution in [1.82, 2.24) is 5.32 Å². The zero-order valence-corrected chi connectivity index (χ0v) is 9.13. The molecule has 3 unspecified atom stereocenters. The van der Waals surface area contributed by atoms with Gasteiger partial charge in [-0.05, 0) is 19.3 Å². The molecule has 1 amide bonds. The van der Waals surface area contributed by atoms with Gasteiger partial charge < -0.3 is 14.8 Å². The predicted octanol–water partition coefficient (Wildman–Crippen LogP) is 1.00. The highest BCUT2D eigenvalue weighted by Crippen LogP contribution is 2.34. The molecule has 2 aliphatic heterocycles. The van der Waals surface area contributed by atoms with E-state index in [1.807, 2.05) is 0 Å². The predicted molar refractivity (Wildman–Crippen MR) is 51.3 cm³/mol. The second kappa shape index (κ2) is 4.81. The number of alkyl halides is 3. The van der Waals surface area contributed by atoms with Crippen LogP contribution in [0.25, 0.3) is 0 Å². The number of hydrogen-bond acceptors (Lipinski definition) is 3. The number of hydrogen-bond donors (Lipinski definition) is 1. The summed E-state index contributed by atoms with van der Waals surface area (Å²) >= 11 is 0. The van der Waals surface area contributed by atoms with Crippen molar-refractivity contribution in [2.75, 3.05) is 13.2 Å². The first-order chi connectivity index (χ1) is 7.94. The van der Waals surface area contributed by atoms with E-state index in [1.54, 1.807) is 0 Å². The minimum absolute atomic E-state index is 0.0200. The van der Waals surface area contributed by atoms with Gasteiger partial charge in [0, 0.05) is 0 Å². The van der Waals surface area contributed by atoms with Gasteiger partial charge in [-0.25, -0.2) is 0 Å². The smallest absolute Gasteiger partial charge is 0.373 e. The molecule has 2 rings (SSSR count). The number of ether oxygens (including phenoxy) is 2. The molecular weight excluding hydrogens is 239 g/mol. The number of nitrogens with one attached hydrogen (secondary N) is 1. The normalized spacial score (nSPS) is 31.8. The van der Waals surface area contributed by atoms with E-state index < -0.39 is 25.3 Å². The van der Waals surface area contributed by atoms with Gasteiger partial charge in [0.2, 0.25) is 5.91 Å². The summed E-state index contributed by atoms with van der Waals surface area (Å²) in [7, 11) is 0. The first-order valence-corrected chi connectivity index (χ1v) is 5.53. The molecule has 0 saturated carbocycles. The average Bonchev–Trinajstić information content (AvgIpc) is 2.76. The first-order valence-electron chi connectivity index (χ1n) is 5.53. The summed E-state index contributed by atoms with van der Waals surface area (Å²) in [6.07, 6.45) is -1.53. The van der Waals surface area contributed by atoms with Gasteiger partial charge in [-0.15, -0.1) is 0 Å². The maximum absolute atomic E-state index is 11.8. The van der Waals surface area contributed by atoms with Gasteiger partial charge in [-0.1, -0.05) is 0 Å². The Morgan fingerprint density at radius 1 is 1.41 bits per heavy atom. The van der Waals surface area contributed by atoms with Crippen molar-refractivity contribution in [2.24, 2.45) is 0 Å². The molecule has 17 heavy (non-hydrogen) atoms. The van der Waals surface area contributed by atoms with Crippen molar-refractivity contribution in [3.63, 3.8) is 0 Å². The fourth-order valence-corrected chi connectivity index (χ4v) is 2.30. The van der Waals surface area contributed by atoms with Crippen LogP contribution in [0.5, 0.6) is 0 Å². The maximum atomic E-state index is 11.8. The lowest BCUT2D eigenvalue weighted by Crippen LogP contribution is -2.43. The third-order valence-electron chi connectivity index (χ3n) is 2.95. The molecule has 98 valence electrons. The Morgan fingerprint density at radius 2 is 2.18 bits per heavy atom. The van der Waals surface area contributed by atoms with Gasteiger partial charge in [-0.3, -0.25) is 4.79 Å². The van der Waals surface area contributed by atoms with Crippen LogP contribution >= 0.6 is 0 Å². The van der Waals surface area contributed by atoms with Gasteiger partial charge >= 0.3 is 6.18 Å². The summed E-state index contributed by atoms with van der Waals surface area (Å²) < 4.78 is 45.1. The van der Waals surface area contributed by atoms with E-state index >= 15 is 0 Å². The minimum atomic E-state index is -4.39. The van der Waals surface area contributed by atoms with E-state index in [9.17, 15) is 18.0 Å². The fourth-order valence-electron chi connectivity index (χ4n) is 2.30. The lowest BCUT2D eigenvalue weighted by Gasteiger charge is -2.20. The fraction of sp³-hybridized carbons (Fsp3) is 0.900. The zero-order chi connectivity index (χ0) is 12.5. The average molecular weight is 253 g/mol. The van der Waals surface area contributed by atoms with Crippen LogP contribution in [0.15, 0.2) is 0 Å². The first kappa shape index (κ1) is 12.6. The molecular formula is C10H14F3NO3. The number of amides is 1. The molecule has 2 heterocycles. The molecule has 3 atom stereocenters. The highest BCUT2D eigenvalue weighted by molar-refractivity contribution is 5.77. The molecule has 1 N–H and O–H groups in total. The molecule has 2 bridgehead atoms. The van der Waals surface area contributed by atoms with Crippen molar-refractivity contribution in [2.45, 2.75) is 43.7 Å². The second-order valence-corrected chi connectivity index (χ2v) is 4.39. The number of carbonyl (C=O) groups excluding carboxylic acids is 1. The van der Waals surface area contributed by atoms with Crippen LogP contribution < -0.4 is 5.32 Å². The third-order valence-corrected chi connectivity index (χ3v) is 2.95. The highest BCUT2D eigenvalue weighted by atomic mass is 19.4. The van der Waals surface area contributed by atoms with Crippen LogP contribution in [0.3, 0.4) is 0 Å². The Kier molecular flexibility index (Phi) is 3.58. The number of fused-ring (bicyclic) bond motifs is 2. The van der Waals surface area contributed by atoms with Crippen LogP contribution in [0.4, 0.5) is 13.2 Å². The Bertz CT molecular complexity index is 295. The van der Waals surface area contributed by atoms with E-state index in [0.717, 1.165) is 19.3 Å². The molecule has 0 aromatic rings. The molecule has 0 spiro atoms. The topological polar surface area (TPSA) is 47.6 Å². The number of rotatable bonds is 4. The molecule has 2 saturated heterocycles.